The molecule has 2 nitrogen and oxygen atoms in total. The van der Waals surface area contributed by atoms with Gasteiger partial charge >= 0.3 is 0 Å². The normalized spacial score (nSPS) is 10.8. The Bertz CT molecular complexity index is 379. The number of carbonyl (C=O) groups is 1. The molecule has 0 spiro atoms. The Morgan fingerprint density at radius 1 is 1.50 bits per heavy atom. The predicted molar refractivity (Wildman–Crippen MR) is 70.4 cm³/mol. The molecule has 0 atom stereocenters. The fourth-order valence-electron chi connectivity index (χ4n) is 1.30. The van der Waals surface area contributed by atoms with Crippen LogP contribution in [0.4, 0.5) is 0 Å². The molecule has 2 N–H and O–H groups in total. The zero-order valence-corrected chi connectivity index (χ0v) is 11.1. The van der Waals surface area contributed by atoms with Gasteiger partial charge in [-0.05, 0) is 18.7 Å². The summed E-state index contributed by atoms with van der Waals surface area (Å²) >= 11 is 7.80. The molecule has 0 aromatic heterocycles. The maximum atomic E-state index is 11.6. The number of hydrogen-bond donors (Lipinski definition) is 1. The summed E-state index contributed by atoms with van der Waals surface area (Å²) in [6, 6.07) is 5.44. The van der Waals surface area contributed by atoms with E-state index in [0.717, 1.165) is 4.90 Å². The lowest BCUT2D eigenvalue weighted by Gasteiger charge is -2.08. The molecule has 1 aromatic carbocycles. The number of halogens is 1. The Balaban J connectivity index is 2.86. The summed E-state index contributed by atoms with van der Waals surface area (Å²) in [4.78, 5) is 12.6. The van der Waals surface area contributed by atoms with Crippen LogP contribution in [0.5, 0.6) is 0 Å². The summed E-state index contributed by atoms with van der Waals surface area (Å²) in [6.45, 7) is 4.59. The molecule has 0 aliphatic rings. The Morgan fingerprint density at radius 2 is 2.19 bits per heavy atom. The topological polar surface area (TPSA) is 43.1 Å². The zero-order chi connectivity index (χ0) is 12.1. The number of ketones is 1. The molecular formula is C12H16ClNOS. The van der Waals surface area contributed by atoms with Crippen LogP contribution >= 0.6 is 23.4 Å². The number of hydrogen-bond acceptors (Lipinski definition) is 3. The average molecular weight is 258 g/mol. The molecule has 0 saturated heterocycles. The molecule has 0 saturated carbocycles. The van der Waals surface area contributed by atoms with Crippen LogP contribution in [-0.4, -0.2) is 17.6 Å². The Hall–Kier alpha value is -0.510. The van der Waals surface area contributed by atoms with Crippen molar-refractivity contribution in [2.45, 2.75) is 30.4 Å². The largest absolute Gasteiger partial charge is 0.330 e. The lowest BCUT2D eigenvalue weighted by Crippen LogP contribution is -2.08. The predicted octanol–water partition coefficient (Wildman–Crippen LogP) is 3.37. The molecule has 0 radical (unpaired) electrons. The van der Waals surface area contributed by atoms with Gasteiger partial charge in [0.1, 0.15) is 0 Å². The summed E-state index contributed by atoms with van der Waals surface area (Å²) in [5, 5.41) is 1.12. The highest BCUT2D eigenvalue weighted by Gasteiger charge is 2.09. The molecule has 88 valence electrons. The first-order valence-corrected chi connectivity index (χ1v) is 6.50. The highest BCUT2D eigenvalue weighted by atomic mass is 35.5. The van der Waals surface area contributed by atoms with Gasteiger partial charge in [-0.15, -0.1) is 11.8 Å². The number of Topliss-reactive ketones (excluding diaryl/α,β-unsaturated/α-hetero) is 1. The second-order valence-corrected chi connectivity index (χ2v) is 5.80. The summed E-state index contributed by atoms with van der Waals surface area (Å²) in [7, 11) is 0. The third kappa shape index (κ3) is 3.81. The van der Waals surface area contributed by atoms with Gasteiger partial charge in [-0.1, -0.05) is 31.5 Å². The minimum Gasteiger partial charge on any atom is -0.330 e. The third-order valence-corrected chi connectivity index (χ3v) is 3.49. The molecule has 1 rings (SSSR count). The van der Waals surface area contributed by atoms with E-state index >= 15 is 0 Å². The van der Waals surface area contributed by atoms with Crippen LogP contribution in [0.15, 0.2) is 23.1 Å². The van der Waals surface area contributed by atoms with E-state index < -0.39 is 0 Å². The molecule has 0 aliphatic carbocycles. The molecule has 0 fully saturated rings. The standard InChI is InChI=1S/C12H16ClNOS/c1-8(2)16-12-4-3-9(7-10(12)13)11(15)5-6-14/h3-4,7-8H,5-6,14H2,1-2H3. The van der Waals surface area contributed by atoms with Gasteiger partial charge in [-0.25, -0.2) is 0 Å². The summed E-state index contributed by atoms with van der Waals surface area (Å²) in [5.74, 6) is 0.0468. The van der Waals surface area contributed by atoms with Crippen molar-refractivity contribution in [1.82, 2.24) is 0 Å². The molecule has 0 heterocycles. The minimum absolute atomic E-state index is 0.0468. The maximum Gasteiger partial charge on any atom is 0.164 e. The van der Waals surface area contributed by atoms with Crippen LogP contribution in [0, 0.1) is 0 Å². The molecule has 0 bridgehead atoms. The second kappa shape index (κ2) is 6.28. The van der Waals surface area contributed by atoms with E-state index in [0.29, 0.717) is 28.8 Å². The number of benzene rings is 1. The summed E-state index contributed by atoms with van der Waals surface area (Å²) < 4.78 is 0. The lowest BCUT2D eigenvalue weighted by atomic mass is 10.1. The fraction of sp³-hybridized carbons (Fsp3) is 0.417. The molecular weight excluding hydrogens is 242 g/mol. The van der Waals surface area contributed by atoms with E-state index in [9.17, 15) is 4.79 Å². The third-order valence-electron chi connectivity index (χ3n) is 1.99. The van der Waals surface area contributed by atoms with Crippen LogP contribution in [0.1, 0.15) is 30.6 Å². The Morgan fingerprint density at radius 3 is 2.69 bits per heavy atom. The SMILES string of the molecule is CC(C)Sc1ccc(C(=O)CCN)cc1Cl. The first-order chi connectivity index (χ1) is 7.54. The van der Waals surface area contributed by atoms with Crippen molar-refractivity contribution in [2.24, 2.45) is 5.73 Å². The average Bonchev–Trinajstić information content (AvgIpc) is 2.20. The van der Waals surface area contributed by atoms with E-state index in [1.807, 2.05) is 12.1 Å². The molecule has 0 amide bonds. The van der Waals surface area contributed by atoms with Crippen molar-refractivity contribution in [3.05, 3.63) is 28.8 Å². The van der Waals surface area contributed by atoms with Crippen LogP contribution in [0.3, 0.4) is 0 Å². The van der Waals surface area contributed by atoms with Crippen LogP contribution in [0.25, 0.3) is 0 Å². The Kier molecular flexibility index (Phi) is 5.32. The summed E-state index contributed by atoms with van der Waals surface area (Å²) in [5.41, 5.74) is 5.98. The lowest BCUT2D eigenvalue weighted by molar-refractivity contribution is 0.0985. The Labute approximate surface area is 106 Å². The van der Waals surface area contributed by atoms with E-state index in [1.54, 1.807) is 17.8 Å². The van der Waals surface area contributed by atoms with Gasteiger partial charge in [0.2, 0.25) is 0 Å². The molecule has 0 unspecified atom stereocenters. The van der Waals surface area contributed by atoms with Crippen molar-refractivity contribution in [3.8, 4) is 0 Å². The molecule has 16 heavy (non-hydrogen) atoms. The fourth-order valence-corrected chi connectivity index (χ4v) is 2.44. The molecule has 0 aliphatic heterocycles. The monoisotopic (exact) mass is 257 g/mol. The van der Waals surface area contributed by atoms with Gasteiger partial charge in [-0.3, -0.25) is 4.79 Å². The highest BCUT2D eigenvalue weighted by Crippen LogP contribution is 2.31. The van der Waals surface area contributed by atoms with Crippen LogP contribution in [0.2, 0.25) is 5.02 Å². The van der Waals surface area contributed by atoms with Gasteiger partial charge in [0.15, 0.2) is 5.78 Å². The van der Waals surface area contributed by atoms with E-state index in [-0.39, 0.29) is 5.78 Å². The minimum atomic E-state index is 0.0468. The van der Waals surface area contributed by atoms with E-state index in [1.165, 1.54) is 0 Å². The van der Waals surface area contributed by atoms with Gasteiger partial charge in [-0.2, -0.15) is 0 Å². The van der Waals surface area contributed by atoms with Crippen molar-refractivity contribution in [2.75, 3.05) is 6.54 Å². The highest BCUT2D eigenvalue weighted by molar-refractivity contribution is 8.00. The molecule has 1 aromatic rings. The van der Waals surface area contributed by atoms with Crippen molar-refractivity contribution in [3.63, 3.8) is 0 Å². The van der Waals surface area contributed by atoms with Crippen molar-refractivity contribution in [1.29, 1.82) is 0 Å². The maximum absolute atomic E-state index is 11.6. The quantitative estimate of drug-likeness (QED) is 0.650. The van der Waals surface area contributed by atoms with Gasteiger partial charge in [0.25, 0.3) is 0 Å². The first kappa shape index (κ1) is 13.6. The number of thioether (sulfide) groups is 1. The number of nitrogens with two attached hydrogens (primary N) is 1. The van der Waals surface area contributed by atoms with Crippen molar-refractivity contribution >= 4 is 29.1 Å². The summed E-state index contributed by atoms with van der Waals surface area (Å²) in [6.07, 6.45) is 0.368. The zero-order valence-electron chi connectivity index (χ0n) is 9.50. The first-order valence-electron chi connectivity index (χ1n) is 5.24. The van der Waals surface area contributed by atoms with Crippen LogP contribution < -0.4 is 5.73 Å². The van der Waals surface area contributed by atoms with Gasteiger partial charge < -0.3 is 5.73 Å². The second-order valence-electron chi connectivity index (χ2n) is 3.77. The van der Waals surface area contributed by atoms with E-state index in [4.69, 9.17) is 17.3 Å². The smallest absolute Gasteiger partial charge is 0.164 e. The molecule has 4 heteroatoms. The number of carbonyl (C=O) groups excluding carboxylic acids is 1. The van der Waals surface area contributed by atoms with Crippen molar-refractivity contribution < 1.29 is 4.79 Å². The van der Waals surface area contributed by atoms with Gasteiger partial charge in [0.05, 0.1) is 5.02 Å². The van der Waals surface area contributed by atoms with Crippen LogP contribution in [-0.2, 0) is 0 Å². The van der Waals surface area contributed by atoms with Gasteiger partial charge in [0, 0.05) is 22.1 Å². The number of rotatable bonds is 5. The van der Waals surface area contributed by atoms with E-state index in [2.05, 4.69) is 13.8 Å².